The quantitative estimate of drug-likeness (QED) is 0.847. The van der Waals surface area contributed by atoms with Gasteiger partial charge in [0.25, 0.3) is 0 Å². The van der Waals surface area contributed by atoms with Crippen LogP contribution < -0.4 is 5.32 Å². The molecule has 2 aliphatic heterocycles. The van der Waals surface area contributed by atoms with Crippen LogP contribution in [0.2, 0.25) is 0 Å². The molecule has 3 aliphatic rings. The van der Waals surface area contributed by atoms with Gasteiger partial charge in [-0.1, -0.05) is 26.7 Å². The molecular weight excluding hydrogens is 264 g/mol. The highest BCUT2D eigenvalue weighted by atomic mass is 16.5. The first kappa shape index (κ1) is 15.3. The van der Waals surface area contributed by atoms with Crippen LogP contribution in [0.3, 0.4) is 0 Å². The number of carbonyl (C=O) groups excluding carboxylic acids is 1. The molecule has 120 valence electrons. The lowest BCUT2D eigenvalue weighted by atomic mass is 9.97. The van der Waals surface area contributed by atoms with Crippen LogP contribution in [-0.2, 0) is 9.53 Å². The summed E-state index contributed by atoms with van der Waals surface area (Å²) >= 11 is 0. The Hall–Kier alpha value is -0.610. The Morgan fingerprint density at radius 1 is 1.38 bits per heavy atom. The smallest absolute Gasteiger partial charge is 0.244 e. The molecule has 1 spiro atoms. The third-order valence-corrected chi connectivity index (χ3v) is 5.44. The van der Waals surface area contributed by atoms with Gasteiger partial charge in [-0.05, 0) is 43.9 Å². The number of rotatable bonds is 5. The highest BCUT2D eigenvalue weighted by molar-refractivity contribution is 5.89. The van der Waals surface area contributed by atoms with Crippen LogP contribution in [0.25, 0.3) is 0 Å². The number of nitrogens with one attached hydrogen (secondary N) is 1. The molecule has 2 unspecified atom stereocenters. The fraction of sp³-hybridized carbons (Fsp3) is 0.941. The summed E-state index contributed by atoms with van der Waals surface area (Å²) in [7, 11) is 0. The second-order valence-electron chi connectivity index (χ2n) is 7.60. The van der Waals surface area contributed by atoms with Crippen molar-refractivity contribution in [2.45, 2.75) is 70.5 Å². The van der Waals surface area contributed by atoms with Gasteiger partial charge in [-0.15, -0.1) is 0 Å². The van der Waals surface area contributed by atoms with Crippen LogP contribution >= 0.6 is 0 Å². The molecule has 2 atom stereocenters. The van der Waals surface area contributed by atoms with Crippen molar-refractivity contribution >= 4 is 5.91 Å². The Kier molecular flexibility index (Phi) is 4.55. The largest absolute Gasteiger partial charge is 0.381 e. The Morgan fingerprint density at radius 3 is 2.76 bits per heavy atom. The summed E-state index contributed by atoms with van der Waals surface area (Å²) in [5.74, 6) is 1.64. The number of nitrogens with zero attached hydrogens (tertiary/aromatic N) is 1. The van der Waals surface area contributed by atoms with Gasteiger partial charge in [-0.2, -0.15) is 0 Å². The monoisotopic (exact) mass is 294 g/mol. The van der Waals surface area contributed by atoms with E-state index >= 15 is 0 Å². The lowest BCUT2D eigenvalue weighted by molar-refractivity contribution is -0.133. The van der Waals surface area contributed by atoms with Crippen LogP contribution in [0.4, 0.5) is 0 Å². The summed E-state index contributed by atoms with van der Waals surface area (Å²) in [6.07, 6.45) is 8.02. The zero-order valence-corrected chi connectivity index (χ0v) is 13.6. The zero-order valence-electron chi connectivity index (χ0n) is 13.6. The average Bonchev–Trinajstić information content (AvgIpc) is 3.13. The average molecular weight is 294 g/mol. The van der Waals surface area contributed by atoms with Crippen LogP contribution in [-0.4, -0.2) is 42.3 Å². The second-order valence-corrected chi connectivity index (χ2v) is 7.60. The van der Waals surface area contributed by atoms with Crippen molar-refractivity contribution in [2.24, 2.45) is 11.8 Å². The predicted molar refractivity (Wildman–Crippen MR) is 82.8 cm³/mol. The van der Waals surface area contributed by atoms with Gasteiger partial charge in [0.1, 0.15) is 0 Å². The van der Waals surface area contributed by atoms with Crippen LogP contribution in [0.5, 0.6) is 0 Å². The van der Waals surface area contributed by atoms with Crippen molar-refractivity contribution in [2.75, 3.05) is 19.8 Å². The predicted octanol–water partition coefficient (Wildman–Crippen LogP) is 2.53. The molecule has 1 saturated carbocycles. The van der Waals surface area contributed by atoms with Gasteiger partial charge >= 0.3 is 0 Å². The maximum atomic E-state index is 13.0. The molecule has 3 fully saturated rings. The summed E-state index contributed by atoms with van der Waals surface area (Å²) < 4.78 is 5.46. The molecule has 1 aliphatic carbocycles. The van der Waals surface area contributed by atoms with E-state index in [4.69, 9.17) is 4.74 Å². The molecule has 1 amide bonds. The Morgan fingerprint density at radius 2 is 2.14 bits per heavy atom. The van der Waals surface area contributed by atoms with Gasteiger partial charge in [0, 0.05) is 19.8 Å². The number of hydrogen-bond acceptors (Lipinski definition) is 3. The van der Waals surface area contributed by atoms with E-state index in [0.29, 0.717) is 17.7 Å². The minimum Gasteiger partial charge on any atom is -0.381 e. The van der Waals surface area contributed by atoms with E-state index in [1.807, 2.05) is 0 Å². The van der Waals surface area contributed by atoms with Crippen molar-refractivity contribution < 1.29 is 9.53 Å². The molecule has 4 heteroatoms. The second kappa shape index (κ2) is 6.25. The number of amides is 1. The summed E-state index contributed by atoms with van der Waals surface area (Å²) in [4.78, 5) is 15.1. The fourth-order valence-electron chi connectivity index (χ4n) is 4.23. The molecule has 0 aromatic heterocycles. The van der Waals surface area contributed by atoms with Crippen LogP contribution in [0, 0.1) is 11.8 Å². The van der Waals surface area contributed by atoms with Gasteiger partial charge in [-0.25, -0.2) is 0 Å². The van der Waals surface area contributed by atoms with E-state index in [1.165, 1.54) is 12.8 Å². The number of carbonyl (C=O) groups is 1. The standard InChI is InChI=1S/C17H30N2O2/c1-13(2)11-15-18-17(7-3-4-8-17)16(20)19(15)9-5-14-6-10-21-12-14/h13-15,18H,3-12H2,1-2H3. The van der Waals surface area contributed by atoms with Crippen LogP contribution in [0.1, 0.15) is 58.8 Å². The molecule has 0 radical (unpaired) electrons. The summed E-state index contributed by atoms with van der Waals surface area (Å²) in [6, 6.07) is 0. The van der Waals surface area contributed by atoms with Gasteiger partial charge in [-0.3, -0.25) is 10.1 Å². The number of hydrogen-bond donors (Lipinski definition) is 1. The SMILES string of the molecule is CC(C)CC1NC2(CCCC2)C(=O)N1CCC1CCOC1. The van der Waals surface area contributed by atoms with Gasteiger partial charge in [0.05, 0.1) is 11.7 Å². The third-order valence-electron chi connectivity index (χ3n) is 5.44. The third kappa shape index (κ3) is 3.11. The topological polar surface area (TPSA) is 41.6 Å². The first-order valence-corrected chi connectivity index (χ1v) is 8.77. The minimum absolute atomic E-state index is 0.217. The Labute approximate surface area is 128 Å². The fourth-order valence-corrected chi connectivity index (χ4v) is 4.23. The van der Waals surface area contributed by atoms with Gasteiger partial charge in [0.2, 0.25) is 5.91 Å². The van der Waals surface area contributed by atoms with E-state index in [-0.39, 0.29) is 11.7 Å². The number of ether oxygens (including phenoxy) is 1. The molecule has 2 saturated heterocycles. The Balaban J connectivity index is 1.66. The molecular formula is C17H30N2O2. The molecule has 4 nitrogen and oxygen atoms in total. The molecule has 0 aromatic carbocycles. The summed E-state index contributed by atoms with van der Waals surface area (Å²) in [6.45, 7) is 7.17. The highest BCUT2D eigenvalue weighted by Crippen LogP contribution is 2.38. The highest BCUT2D eigenvalue weighted by Gasteiger charge is 2.51. The van der Waals surface area contributed by atoms with Gasteiger partial charge in [0.15, 0.2) is 0 Å². The first-order valence-electron chi connectivity index (χ1n) is 8.77. The van der Waals surface area contributed by atoms with E-state index < -0.39 is 0 Å². The lowest BCUT2D eigenvalue weighted by Crippen LogP contribution is -2.44. The van der Waals surface area contributed by atoms with Crippen molar-refractivity contribution in [1.29, 1.82) is 0 Å². The van der Waals surface area contributed by atoms with Crippen molar-refractivity contribution in [3.8, 4) is 0 Å². The Bertz CT molecular complexity index is 371. The zero-order chi connectivity index (χ0) is 14.9. The lowest BCUT2D eigenvalue weighted by Gasteiger charge is -2.26. The van der Waals surface area contributed by atoms with Crippen LogP contribution in [0.15, 0.2) is 0 Å². The molecule has 2 heterocycles. The molecule has 3 rings (SSSR count). The van der Waals surface area contributed by atoms with E-state index in [1.54, 1.807) is 0 Å². The van der Waals surface area contributed by atoms with Crippen molar-refractivity contribution in [3.63, 3.8) is 0 Å². The minimum atomic E-state index is -0.217. The molecule has 0 bridgehead atoms. The maximum Gasteiger partial charge on any atom is 0.244 e. The van der Waals surface area contributed by atoms with E-state index in [0.717, 1.165) is 51.9 Å². The van der Waals surface area contributed by atoms with Crippen molar-refractivity contribution in [3.05, 3.63) is 0 Å². The van der Waals surface area contributed by atoms with E-state index in [2.05, 4.69) is 24.1 Å². The maximum absolute atomic E-state index is 13.0. The van der Waals surface area contributed by atoms with Crippen molar-refractivity contribution in [1.82, 2.24) is 10.2 Å². The van der Waals surface area contributed by atoms with Gasteiger partial charge < -0.3 is 9.64 Å². The first-order chi connectivity index (χ1) is 10.1. The normalized spacial score (nSPS) is 32.0. The van der Waals surface area contributed by atoms with E-state index in [9.17, 15) is 4.79 Å². The molecule has 21 heavy (non-hydrogen) atoms. The molecule has 0 aromatic rings. The summed E-state index contributed by atoms with van der Waals surface area (Å²) in [5.41, 5.74) is -0.217. The molecule has 1 N–H and O–H groups in total. The summed E-state index contributed by atoms with van der Waals surface area (Å²) in [5, 5.41) is 3.72.